The number of methoxy groups -OCH3 is 1. The van der Waals surface area contributed by atoms with Crippen LogP contribution in [0.4, 0.5) is 5.69 Å². The van der Waals surface area contributed by atoms with Gasteiger partial charge in [0.2, 0.25) is 0 Å². The summed E-state index contributed by atoms with van der Waals surface area (Å²) in [6, 6.07) is 10.9. The molecule has 2 aromatic rings. The second-order valence-electron chi connectivity index (χ2n) is 5.25. The van der Waals surface area contributed by atoms with E-state index in [2.05, 4.69) is 15.8 Å². The number of nitrogens with one attached hydrogen (secondary N) is 2. The second kappa shape index (κ2) is 9.93. The molecule has 2 aromatic carbocycles. The highest BCUT2D eigenvalue weighted by atomic mass is 35.5. The number of hydrazone groups is 1. The van der Waals surface area contributed by atoms with E-state index in [4.69, 9.17) is 26.2 Å². The molecule has 10 heteroatoms. The Hall–Kier alpha value is -3.59. The summed E-state index contributed by atoms with van der Waals surface area (Å²) < 4.78 is 9.99. The largest absolute Gasteiger partial charge is 0.497 e. The van der Waals surface area contributed by atoms with Gasteiger partial charge in [-0.2, -0.15) is 5.10 Å². The van der Waals surface area contributed by atoms with Crippen molar-refractivity contribution in [2.24, 2.45) is 5.10 Å². The van der Waals surface area contributed by atoms with Crippen LogP contribution in [0.2, 0.25) is 5.02 Å². The Morgan fingerprint density at radius 3 is 2.46 bits per heavy atom. The summed E-state index contributed by atoms with van der Waals surface area (Å²) in [7, 11) is 1.52. The van der Waals surface area contributed by atoms with E-state index in [1.807, 2.05) is 0 Å². The van der Waals surface area contributed by atoms with Crippen molar-refractivity contribution in [3.8, 4) is 11.5 Å². The number of carboxylic acid groups (broad SMARTS) is 1. The summed E-state index contributed by atoms with van der Waals surface area (Å²) in [6.45, 7) is -0.521. The monoisotopic (exact) mass is 405 g/mol. The van der Waals surface area contributed by atoms with E-state index in [0.717, 1.165) is 0 Å². The van der Waals surface area contributed by atoms with Crippen molar-refractivity contribution >= 4 is 41.3 Å². The molecule has 0 aliphatic carbocycles. The highest BCUT2D eigenvalue weighted by Gasteiger charge is 2.13. The van der Waals surface area contributed by atoms with Gasteiger partial charge in [0.1, 0.15) is 11.5 Å². The van der Waals surface area contributed by atoms with Crippen molar-refractivity contribution in [3.05, 3.63) is 53.1 Å². The molecular weight excluding hydrogens is 390 g/mol. The molecule has 0 aromatic heterocycles. The first-order valence-corrected chi connectivity index (χ1v) is 8.19. The Labute approximate surface area is 164 Å². The van der Waals surface area contributed by atoms with Gasteiger partial charge in [-0.15, -0.1) is 0 Å². The number of hydrogen-bond acceptors (Lipinski definition) is 6. The number of hydrogen-bond donors (Lipinski definition) is 3. The van der Waals surface area contributed by atoms with Crippen molar-refractivity contribution in [1.82, 2.24) is 5.43 Å². The number of rotatable bonds is 7. The molecule has 0 aliphatic heterocycles. The van der Waals surface area contributed by atoms with E-state index in [1.165, 1.54) is 25.5 Å². The zero-order chi connectivity index (χ0) is 20.5. The van der Waals surface area contributed by atoms with Gasteiger partial charge < -0.3 is 19.9 Å². The fourth-order valence-electron chi connectivity index (χ4n) is 1.93. The smallest absolute Gasteiger partial charge is 0.341 e. The Morgan fingerprint density at radius 2 is 1.86 bits per heavy atom. The molecule has 0 spiro atoms. The lowest BCUT2D eigenvalue weighted by Gasteiger charge is -2.06. The van der Waals surface area contributed by atoms with Gasteiger partial charge in [0.15, 0.2) is 6.61 Å². The van der Waals surface area contributed by atoms with Crippen molar-refractivity contribution in [2.75, 3.05) is 19.0 Å². The molecular formula is C18H16ClN3O6. The molecule has 0 fully saturated rings. The van der Waals surface area contributed by atoms with Crippen LogP contribution in [0.1, 0.15) is 5.56 Å². The van der Waals surface area contributed by atoms with Crippen molar-refractivity contribution in [3.63, 3.8) is 0 Å². The number of anilines is 1. The maximum absolute atomic E-state index is 11.8. The van der Waals surface area contributed by atoms with Crippen LogP contribution < -0.4 is 20.2 Å². The van der Waals surface area contributed by atoms with Crippen LogP contribution in [0.5, 0.6) is 11.5 Å². The molecule has 0 aliphatic rings. The minimum Gasteiger partial charge on any atom is -0.497 e. The number of ether oxygens (including phenoxy) is 2. The molecule has 2 rings (SSSR count). The van der Waals surface area contributed by atoms with Crippen molar-refractivity contribution < 1.29 is 29.0 Å². The summed E-state index contributed by atoms with van der Waals surface area (Å²) in [4.78, 5) is 34.1. The highest BCUT2D eigenvalue weighted by Crippen LogP contribution is 2.24. The molecule has 28 heavy (non-hydrogen) atoms. The van der Waals surface area contributed by atoms with E-state index in [0.29, 0.717) is 17.0 Å². The molecule has 0 saturated heterocycles. The minimum atomic E-state index is -1.13. The molecule has 0 radical (unpaired) electrons. The zero-order valence-electron chi connectivity index (χ0n) is 14.6. The zero-order valence-corrected chi connectivity index (χ0v) is 15.4. The quantitative estimate of drug-likeness (QED) is 0.367. The molecule has 9 nitrogen and oxygen atoms in total. The van der Waals surface area contributed by atoms with Crippen molar-refractivity contribution in [1.29, 1.82) is 0 Å². The van der Waals surface area contributed by atoms with Gasteiger partial charge in [-0.3, -0.25) is 9.59 Å². The Morgan fingerprint density at radius 1 is 1.14 bits per heavy atom. The molecule has 3 N–H and O–H groups in total. The molecule has 2 amide bonds. The number of benzene rings is 2. The number of halogens is 1. The van der Waals surface area contributed by atoms with Crippen LogP contribution in [-0.2, 0) is 14.4 Å². The summed E-state index contributed by atoms with van der Waals surface area (Å²) >= 11 is 5.98. The van der Waals surface area contributed by atoms with E-state index in [1.54, 1.807) is 30.3 Å². The lowest BCUT2D eigenvalue weighted by atomic mass is 10.2. The average molecular weight is 406 g/mol. The van der Waals surface area contributed by atoms with Gasteiger partial charge in [0.25, 0.3) is 0 Å². The number of amides is 2. The first-order valence-electron chi connectivity index (χ1n) is 7.81. The molecule has 146 valence electrons. The summed E-state index contributed by atoms with van der Waals surface area (Å²) in [5, 5.41) is 14.9. The van der Waals surface area contributed by atoms with Crippen molar-refractivity contribution in [2.45, 2.75) is 0 Å². The second-order valence-corrected chi connectivity index (χ2v) is 5.66. The van der Waals surface area contributed by atoms with E-state index < -0.39 is 24.4 Å². The fraction of sp³-hybridized carbons (Fsp3) is 0.111. The van der Waals surface area contributed by atoms with Crippen LogP contribution in [0.15, 0.2) is 47.6 Å². The Kier molecular flexibility index (Phi) is 7.35. The normalized spacial score (nSPS) is 10.4. The lowest BCUT2D eigenvalue weighted by Crippen LogP contribution is -2.32. The third-order valence-electron chi connectivity index (χ3n) is 3.24. The van der Waals surface area contributed by atoms with E-state index in [-0.39, 0.29) is 10.8 Å². The predicted molar refractivity (Wildman–Crippen MR) is 102 cm³/mol. The van der Waals surface area contributed by atoms with Gasteiger partial charge in [-0.05, 0) is 48.0 Å². The molecule has 0 heterocycles. The lowest BCUT2D eigenvalue weighted by molar-refractivity contribution is -0.139. The summed E-state index contributed by atoms with van der Waals surface area (Å²) in [6.07, 6.45) is 1.27. The first kappa shape index (κ1) is 20.7. The van der Waals surface area contributed by atoms with Crippen LogP contribution in [0.3, 0.4) is 0 Å². The van der Waals surface area contributed by atoms with Crippen LogP contribution in [-0.4, -0.2) is 42.8 Å². The number of aliphatic carboxylic acids is 1. The third-order valence-corrected chi connectivity index (χ3v) is 3.54. The maximum Gasteiger partial charge on any atom is 0.341 e. The number of carbonyl (C=O) groups excluding carboxylic acids is 2. The Bertz CT molecular complexity index is 899. The van der Waals surface area contributed by atoms with E-state index in [9.17, 15) is 14.4 Å². The van der Waals surface area contributed by atoms with Gasteiger partial charge in [-0.25, -0.2) is 10.2 Å². The maximum atomic E-state index is 11.8. The van der Waals surface area contributed by atoms with Gasteiger partial charge >= 0.3 is 17.8 Å². The average Bonchev–Trinajstić information content (AvgIpc) is 2.67. The van der Waals surface area contributed by atoms with Gasteiger partial charge in [-0.1, -0.05) is 11.6 Å². The molecule has 0 bridgehead atoms. The molecule has 0 unspecified atom stereocenters. The van der Waals surface area contributed by atoms with Gasteiger partial charge in [0, 0.05) is 5.69 Å². The standard InChI is InChI=1S/C18H16ClN3O6/c1-27-13-5-3-12(4-6-13)21-17(25)18(26)22-20-9-11-2-7-15(14(19)8-11)28-10-16(23)24/h2-9H,10H2,1H3,(H,21,25)(H,22,26)(H,23,24)/b20-9-. The van der Waals surface area contributed by atoms with Crippen LogP contribution in [0.25, 0.3) is 0 Å². The topological polar surface area (TPSA) is 126 Å². The minimum absolute atomic E-state index is 0.175. The number of carbonyl (C=O) groups is 3. The SMILES string of the molecule is COc1ccc(NC(=O)C(=O)N/N=C\c2ccc(OCC(=O)O)c(Cl)c2)cc1. The predicted octanol–water partition coefficient (Wildman–Crippen LogP) is 1.90. The third kappa shape index (κ3) is 6.29. The van der Waals surface area contributed by atoms with Gasteiger partial charge in [0.05, 0.1) is 18.3 Å². The summed E-state index contributed by atoms with van der Waals surface area (Å²) in [5.74, 6) is -2.16. The molecule has 0 saturated carbocycles. The fourth-order valence-corrected chi connectivity index (χ4v) is 2.18. The number of carboxylic acids is 1. The molecule has 0 atom stereocenters. The van der Waals surface area contributed by atoms with Crippen LogP contribution in [0, 0.1) is 0 Å². The Balaban J connectivity index is 1.88. The first-order chi connectivity index (χ1) is 13.4. The highest BCUT2D eigenvalue weighted by molar-refractivity contribution is 6.39. The van der Waals surface area contributed by atoms with Crippen LogP contribution >= 0.6 is 11.6 Å². The van der Waals surface area contributed by atoms with E-state index >= 15 is 0 Å². The number of nitrogens with zero attached hydrogens (tertiary/aromatic N) is 1. The summed E-state index contributed by atoms with van der Waals surface area (Å²) in [5.41, 5.74) is 3.02.